The molecule has 2 fully saturated rings. The van der Waals surface area contributed by atoms with E-state index in [0.717, 1.165) is 25.9 Å². The average Bonchev–Trinajstić information content (AvgIpc) is 2.38. The van der Waals surface area contributed by atoms with Gasteiger partial charge in [0, 0.05) is 24.5 Å². The molecule has 4 heteroatoms. The Morgan fingerprint density at radius 2 is 2.05 bits per heavy atom. The number of hydrogen-bond donors (Lipinski definition) is 1. The van der Waals surface area contributed by atoms with E-state index in [0.29, 0.717) is 23.9 Å². The van der Waals surface area contributed by atoms with Crippen LogP contribution in [0.25, 0.3) is 0 Å². The topological polar surface area (TPSA) is 32.3 Å². The number of piperidine rings is 2. The van der Waals surface area contributed by atoms with Crippen molar-refractivity contribution in [3.63, 3.8) is 0 Å². The van der Waals surface area contributed by atoms with Crippen molar-refractivity contribution < 1.29 is 4.79 Å². The first-order valence-electron chi connectivity index (χ1n) is 8.11. The molecule has 2 aliphatic heterocycles. The van der Waals surface area contributed by atoms with Crippen molar-refractivity contribution >= 4 is 18.3 Å². The standard InChI is InChI=1S/C16H30N2O.ClH/c1-12(2)10-15-6-4-5-9-18(15)16(19)14-7-8-17-13(3)11-14;/h12-15,17H,4-11H2,1-3H3;1H/t13-,14-,15?;/m0./s1. The van der Waals surface area contributed by atoms with Crippen molar-refractivity contribution in [3.05, 3.63) is 0 Å². The van der Waals surface area contributed by atoms with E-state index < -0.39 is 0 Å². The van der Waals surface area contributed by atoms with E-state index in [2.05, 4.69) is 31.0 Å². The summed E-state index contributed by atoms with van der Waals surface area (Å²) in [5, 5.41) is 3.44. The molecule has 1 N–H and O–H groups in total. The molecule has 2 aliphatic rings. The largest absolute Gasteiger partial charge is 0.339 e. The lowest BCUT2D eigenvalue weighted by Crippen LogP contribution is -2.50. The Morgan fingerprint density at radius 1 is 1.30 bits per heavy atom. The molecule has 0 aromatic carbocycles. The Balaban J connectivity index is 0.00000200. The van der Waals surface area contributed by atoms with Gasteiger partial charge >= 0.3 is 0 Å². The van der Waals surface area contributed by atoms with Crippen LogP contribution in [0.5, 0.6) is 0 Å². The summed E-state index contributed by atoms with van der Waals surface area (Å²) in [4.78, 5) is 15.0. The summed E-state index contributed by atoms with van der Waals surface area (Å²) in [5.74, 6) is 1.40. The molecule has 1 amide bonds. The van der Waals surface area contributed by atoms with Crippen molar-refractivity contribution in [1.82, 2.24) is 10.2 Å². The van der Waals surface area contributed by atoms with Crippen LogP contribution in [0.15, 0.2) is 0 Å². The first kappa shape index (κ1) is 17.8. The number of carbonyl (C=O) groups excluding carboxylic acids is 1. The van der Waals surface area contributed by atoms with E-state index in [9.17, 15) is 4.79 Å². The molecule has 2 rings (SSSR count). The van der Waals surface area contributed by atoms with Gasteiger partial charge in [-0.2, -0.15) is 0 Å². The lowest BCUT2D eigenvalue weighted by Gasteiger charge is -2.40. The van der Waals surface area contributed by atoms with Crippen LogP contribution in [0, 0.1) is 11.8 Å². The van der Waals surface area contributed by atoms with E-state index in [-0.39, 0.29) is 18.3 Å². The highest BCUT2D eigenvalue weighted by atomic mass is 35.5. The van der Waals surface area contributed by atoms with Gasteiger partial charge in [0.25, 0.3) is 0 Å². The first-order valence-corrected chi connectivity index (χ1v) is 8.11. The van der Waals surface area contributed by atoms with Gasteiger partial charge in [0.1, 0.15) is 0 Å². The first-order chi connectivity index (χ1) is 9.08. The zero-order valence-electron chi connectivity index (χ0n) is 13.2. The molecular weight excluding hydrogens is 272 g/mol. The predicted molar refractivity (Wildman–Crippen MR) is 86.2 cm³/mol. The third kappa shape index (κ3) is 4.63. The van der Waals surface area contributed by atoms with Gasteiger partial charge in [-0.05, 0) is 57.9 Å². The highest BCUT2D eigenvalue weighted by Crippen LogP contribution is 2.27. The van der Waals surface area contributed by atoms with Gasteiger partial charge in [0.05, 0.1) is 0 Å². The summed E-state index contributed by atoms with van der Waals surface area (Å²) < 4.78 is 0. The number of nitrogens with zero attached hydrogens (tertiary/aromatic N) is 1. The number of halogens is 1. The fraction of sp³-hybridized carbons (Fsp3) is 0.938. The molecule has 0 bridgehead atoms. The van der Waals surface area contributed by atoms with Gasteiger partial charge in [0.15, 0.2) is 0 Å². The lowest BCUT2D eigenvalue weighted by atomic mass is 9.88. The summed E-state index contributed by atoms with van der Waals surface area (Å²) in [6, 6.07) is 1.00. The molecule has 1 unspecified atom stereocenters. The van der Waals surface area contributed by atoms with Gasteiger partial charge in [-0.3, -0.25) is 4.79 Å². The maximum atomic E-state index is 12.8. The minimum Gasteiger partial charge on any atom is -0.339 e. The number of carbonyl (C=O) groups is 1. The SMILES string of the molecule is CC(C)CC1CCCCN1C(=O)[C@H]1CCN[C@@H](C)C1.Cl. The van der Waals surface area contributed by atoms with E-state index in [1.54, 1.807) is 0 Å². The van der Waals surface area contributed by atoms with Crippen molar-refractivity contribution in [2.24, 2.45) is 11.8 Å². The highest BCUT2D eigenvalue weighted by Gasteiger charge is 2.33. The van der Waals surface area contributed by atoms with Crippen molar-refractivity contribution in [2.45, 2.75) is 71.4 Å². The Morgan fingerprint density at radius 3 is 2.70 bits per heavy atom. The number of hydrogen-bond acceptors (Lipinski definition) is 2. The van der Waals surface area contributed by atoms with Gasteiger partial charge in [-0.15, -0.1) is 12.4 Å². The monoisotopic (exact) mass is 302 g/mol. The van der Waals surface area contributed by atoms with Crippen LogP contribution >= 0.6 is 12.4 Å². The molecule has 20 heavy (non-hydrogen) atoms. The fourth-order valence-corrected chi connectivity index (χ4v) is 3.67. The Bertz CT molecular complexity index is 309. The van der Waals surface area contributed by atoms with Gasteiger partial charge in [-0.25, -0.2) is 0 Å². The Labute approximate surface area is 130 Å². The molecule has 0 aliphatic carbocycles. The van der Waals surface area contributed by atoms with Crippen LogP contribution in [-0.4, -0.2) is 36.0 Å². The van der Waals surface area contributed by atoms with Gasteiger partial charge in [0.2, 0.25) is 5.91 Å². The summed E-state index contributed by atoms with van der Waals surface area (Å²) in [7, 11) is 0. The number of likely N-dealkylation sites (tertiary alicyclic amines) is 1. The molecule has 2 saturated heterocycles. The van der Waals surface area contributed by atoms with Crippen molar-refractivity contribution in [1.29, 1.82) is 0 Å². The third-order valence-corrected chi connectivity index (χ3v) is 4.63. The molecule has 0 aromatic heterocycles. The molecule has 118 valence electrons. The normalized spacial score (nSPS) is 31.0. The van der Waals surface area contributed by atoms with Gasteiger partial charge in [-0.1, -0.05) is 13.8 Å². The summed E-state index contributed by atoms with van der Waals surface area (Å²) in [5.41, 5.74) is 0. The second-order valence-electron chi connectivity index (χ2n) is 6.89. The summed E-state index contributed by atoms with van der Waals surface area (Å²) >= 11 is 0. The van der Waals surface area contributed by atoms with E-state index in [4.69, 9.17) is 0 Å². The second kappa shape index (κ2) is 8.23. The molecular formula is C16H31ClN2O. The quantitative estimate of drug-likeness (QED) is 0.868. The van der Waals surface area contributed by atoms with Crippen LogP contribution in [0.4, 0.5) is 0 Å². The van der Waals surface area contributed by atoms with E-state index in [1.165, 1.54) is 25.7 Å². The highest BCUT2D eigenvalue weighted by molar-refractivity contribution is 5.85. The Hall–Kier alpha value is -0.280. The van der Waals surface area contributed by atoms with Crippen LogP contribution in [0.3, 0.4) is 0 Å². The summed E-state index contributed by atoms with van der Waals surface area (Å²) in [6.07, 6.45) is 6.92. The molecule has 2 heterocycles. The van der Waals surface area contributed by atoms with Crippen LogP contribution in [-0.2, 0) is 4.79 Å². The molecule has 3 atom stereocenters. The zero-order valence-corrected chi connectivity index (χ0v) is 14.0. The van der Waals surface area contributed by atoms with Gasteiger partial charge < -0.3 is 10.2 Å². The number of amides is 1. The molecule has 0 aromatic rings. The summed E-state index contributed by atoms with van der Waals surface area (Å²) in [6.45, 7) is 8.73. The zero-order chi connectivity index (χ0) is 13.8. The second-order valence-corrected chi connectivity index (χ2v) is 6.89. The maximum Gasteiger partial charge on any atom is 0.226 e. The molecule has 0 saturated carbocycles. The lowest BCUT2D eigenvalue weighted by molar-refractivity contribution is -0.140. The minimum absolute atomic E-state index is 0. The number of nitrogens with one attached hydrogen (secondary N) is 1. The average molecular weight is 303 g/mol. The van der Waals surface area contributed by atoms with E-state index >= 15 is 0 Å². The fourth-order valence-electron chi connectivity index (χ4n) is 3.67. The maximum absolute atomic E-state index is 12.8. The van der Waals surface area contributed by atoms with Crippen LogP contribution in [0.2, 0.25) is 0 Å². The van der Waals surface area contributed by atoms with Crippen molar-refractivity contribution in [2.75, 3.05) is 13.1 Å². The molecule has 3 nitrogen and oxygen atoms in total. The van der Waals surface area contributed by atoms with Crippen LogP contribution in [0.1, 0.15) is 59.3 Å². The van der Waals surface area contributed by atoms with Crippen molar-refractivity contribution in [3.8, 4) is 0 Å². The number of rotatable bonds is 3. The Kier molecular flexibility index (Phi) is 7.32. The molecule has 0 spiro atoms. The minimum atomic E-state index is 0. The van der Waals surface area contributed by atoms with Crippen LogP contribution < -0.4 is 5.32 Å². The smallest absolute Gasteiger partial charge is 0.226 e. The molecule has 0 radical (unpaired) electrons. The third-order valence-electron chi connectivity index (χ3n) is 4.63. The van der Waals surface area contributed by atoms with E-state index in [1.807, 2.05) is 0 Å². The predicted octanol–water partition coefficient (Wildman–Crippen LogP) is 3.22.